The van der Waals surface area contributed by atoms with E-state index in [1.165, 1.54) is 19.4 Å². The quantitative estimate of drug-likeness (QED) is 0.710. The van der Waals surface area contributed by atoms with E-state index < -0.39 is 26.7 Å². The maximum atomic E-state index is 11.9. The summed E-state index contributed by atoms with van der Waals surface area (Å²) in [6.07, 6.45) is 1.52. The van der Waals surface area contributed by atoms with Crippen LogP contribution in [0.4, 0.5) is 0 Å². The lowest BCUT2D eigenvalue weighted by atomic mass is 10.2. The highest BCUT2D eigenvalue weighted by molar-refractivity contribution is 9.10. The highest BCUT2D eigenvalue weighted by Crippen LogP contribution is 2.33. The maximum absolute atomic E-state index is 11.9. The topological polar surface area (TPSA) is 116 Å². The highest BCUT2D eigenvalue weighted by Gasteiger charge is 2.21. The molecule has 21 heavy (non-hydrogen) atoms. The van der Waals surface area contributed by atoms with Gasteiger partial charge in [-0.15, -0.1) is 0 Å². The number of ether oxygens (including phenoxy) is 1. The fourth-order valence-electron chi connectivity index (χ4n) is 1.52. The van der Waals surface area contributed by atoms with Gasteiger partial charge in [-0.3, -0.25) is 9.00 Å². The molecule has 0 fully saturated rings. The van der Waals surface area contributed by atoms with Crippen LogP contribution >= 0.6 is 15.9 Å². The zero-order chi connectivity index (χ0) is 16.2. The number of methoxy groups -OCH3 is 1. The van der Waals surface area contributed by atoms with Crippen molar-refractivity contribution in [1.29, 1.82) is 0 Å². The molecule has 3 N–H and O–H groups in total. The Morgan fingerprint density at radius 1 is 1.48 bits per heavy atom. The van der Waals surface area contributed by atoms with Crippen LogP contribution in [-0.2, 0) is 20.8 Å². The van der Waals surface area contributed by atoms with Crippen LogP contribution < -0.4 is 15.2 Å². The number of nitrogens with one attached hydrogen (secondary N) is 1. The Balaban J connectivity index is 3.13. The molecule has 7 nitrogen and oxygen atoms in total. The van der Waals surface area contributed by atoms with Crippen LogP contribution in [-0.4, -0.2) is 44.2 Å². The van der Waals surface area contributed by atoms with E-state index in [1.54, 1.807) is 0 Å². The van der Waals surface area contributed by atoms with Crippen LogP contribution in [0.3, 0.4) is 0 Å². The van der Waals surface area contributed by atoms with Crippen molar-refractivity contribution in [3.63, 3.8) is 0 Å². The third-order valence-corrected chi connectivity index (χ3v) is 4.74. The summed E-state index contributed by atoms with van der Waals surface area (Å²) in [5.41, 5.74) is 0.105. The van der Waals surface area contributed by atoms with Crippen LogP contribution in [0.25, 0.3) is 0 Å². The lowest BCUT2D eigenvalue weighted by Gasteiger charge is -2.11. The molecule has 0 aliphatic heterocycles. The Morgan fingerprint density at radius 3 is 2.57 bits per heavy atom. The van der Waals surface area contributed by atoms with Gasteiger partial charge in [0.05, 0.1) is 11.6 Å². The Hall–Kier alpha value is -0.970. The Bertz CT molecular complexity index is 675. The van der Waals surface area contributed by atoms with Crippen molar-refractivity contribution in [3.8, 4) is 5.75 Å². The second kappa shape index (κ2) is 7.34. The average Bonchev–Trinajstić information content (AvgIpc) is 2.36. The van der Waals surface area contributed by atoms with Gasteiger partial charge in [0.1, 0.15) is 4.90 Å². The molecular weight excluding hydrogens is 384 g/mol. The minimum atomic E-state index is -4.04. The molecule has 0 spiro atoms. The van der Waals surface area contributed by atoms with Crippen LogP contribution in [0.15, 0.2) is 21.5 Å². The van der Waals surface area contributed by atoms with E-state index in [9.17, 15) is 17.4 Å². The van der Waals surface area contributed by atoms with E-state index in [1.807, 2.05) is 0 Å². The molecule has 0 aromatic heterocycles. The molecule has 0 heterocycles. The first kappa shape index (κ1) is 18.1. The largest absolute Gasteiger partial charge is 0.494 e. The molecule has 1 aromatic carbocycles. The van der Waals surface area contributed by atoms with Crippen LogP contribution in [0, 0.1) is 0 Å². The monoisotopic (exact) mass is 398 g/mol. The van der Waals surface area contributed by atoms with Crippen LogP contribution in [0.2, 0.25) is 0 Å². The smallest absolute Gasteiger partial charge is 0.251 e. The molecule has 1 unspecified atom stereocenters. The molecule has 1 aromatic rings. The molecule has 0 aliphatic carbocycles. The lowest BCUT2D eigenvalue weighted by Crippen LogP contribution is -2.28. The average molecular weight is 399 g/mol. The molecule has 0 saturated heterocycles. The molecule has 0 saturated carbocycles. The summed E-state index contributed by atoms with van der Waals surface area (Å²) in [6, 6.07) is 2.56. The Labute approximate surface area is 133 Å². The first-order valence-electron chi connectivity index (χ1n) is 5.65. The Morgan fingerprint density at radius 2 is 2.10 bits per heavy atom. The van der Waals surface area contributed by atoms with Crippen LogP contribution in [0.1, 0.15) is 10.4 Å². The molecule has 10 heteroatoms. The summed E-state index contributed by atoms with van der Waals surface area (Å²) in [6.45, 7) is 0.219. The molecule has 0 radical (unpaired) electrons. The van der Waals surface area contributed by atoms with Gasteiger partial charge >= 0.3 is 0 Å². The van der Waals surface area contributed by atoms with Crippen LogP contribution in [0.5, 0.6) is 5.75 Å². The molecule has 1 atom stereocenters. The van der Waals surface area contributed by atoms with Gasteiger partial charge in [-0.25, -0.2) is 13.6 Å². The van der Waals surface area contributed by atoms with Crippen molar-refractivity contribution in [2.75, 3.05) is 25.7 Å². The van der Waals surface area contributed by atoms with E-state index >= 15 is 0 Å². The Kier molecular flexibility index (Phi) is 6.32. The number of sulfonamides is 1. The van der Waals surface area contributed by atoms with Gasteiger partial charge in [0.25, 0.3) is 5.91 Å². The molecule has 1 amide bonds. The lowest BCUT2D eigenvalue weighted by molar-refractivity contribution is 0.0956. The third kappa shape index (κ3) is 5.06. The van der Waals surface area contributed by atoms with Crippen molar-refractivity contribution in [1.82, 2.24) is 5.32 Å². The number of benzene rings is 1. The fourth-order valence-corrected chi connectivity index (χ4v) is 3.40. The second-order valence-electron chi connectivity index (χ2n) is 4.07. The van der Waals surface area contributed by atoms with Gasteiger partial charge < -0.3 is 10.1 Å². The van der Waals surface area contributed by atoms with E-state index in [0.717, 1.165) is 6.07 Å². The molecular formula is C11H15BrN2O5S2. The number of nitrogens with two attached hydrogens (primary N) is 1. The van der Waals surface area contributed by atoms with Crippen molar-refractivity contribution in [2.24, 2.45) is 5.14 Å². The minimum Gasteiger partial charge on any atom is -0.494 e. The SMILES string of the molecule is COc1c(Br)cc(C(=O)NCCS(C)=O)cc1S(N)(=O)=O. The standard InChI is InChI=1S/C11H15BrN2O5S2/c1-19-10-8(12)5-7(6-9(10)21(13,17)18)11(15)14-3-4-20(2)16/h5-6H,3-4H2,1-2H3,(H,14,15)(H2,13,17,18). The maximum Gasteiger partial charge on any atom is 0.251 e. The number of rotatable bonds is 6. The van der Waals surface area contributed by atoms with Gasteiger partial charge in [-0.05, 0) is 28.1 Å². The first-order chi connectivity index (χ1) is 9.66. The number of hydrogen-bond donors (Lipinski definition) is 2. The summed E-state index contributed by atoms with van der Waals surface area (Å²) in [5, 5.41) is 7.65. The van der Waals surface area contributed by atoms with Crippen molar-refractivity contribution < 1.29 is 22.2 Å². The summed E-state index contributed by atoms with van der Waals surface area (Å²) in [4.78, 5) is 11.7. The third-order valence-electron chi connectivity index (χ3n) is 2.46. The summed E-state index contributed by atoms with van der Waals surface area (Å²) in [5.74, 6) is -0.150. The van der Waals surface area contributed by atoms with E-state index in [-0.39, 0.29) is 22.8 Å². The van der Waals surface area contributed by atoms with E-state index in [4.69, 9.17) is 9.88 Å². The van der Waals surface area contributed by atoms with Crippen molar-refractivity contribution in [2.45, 2.75) is 4.90 Å². The van der Waals surface area contributed by atoms with Gasteiger partial charge in [-0.2, -0.15) is 0 Å². The minimum absolute atomic E-state index is 0.0312. The summed E-state index contributed by atoms with van der Waals surface area (Å²) < 4.78 is 39.3. The number of primary sulfonamides is 1. The van der Waals surface area contributed by atoms with Gasteiger partial charge in [0.15, 0.2) is 5.75 Å². The van der Waals surface area contributed by atoms with Crippen molar-refractivity contribution >= 4 is 42.7 Å². The summed E-state index contributed by atoms with van der Waals surface area (Å²) >= 11 is 3.14. The summed E-state index contributed by atoms with van der Waals surface area (Å²) in [7, 11) is -3.77. The van der Waals surface area contributed by atoms with Crippen molar-refractivity contribution in [3.05, 3.63) is 22.2 Å². The zero-order valence-corrected chi connectivity index (χ0v) is 14.6. The van der Waals surface area contributed by atoms with E-state index in [2.05, 4.69) is 21.2 Å². The van der Waals surface area contributed by atoms with E-state index in [0.29, 0.717) is 10.2 Å². The van der Waals surface area contributed by atoms with Gasteiger partial charge in [0.2, 0.25) is 10.0 Å². The molecule has 118 valence electrons. The first-order valence-corrected chi connectivity index (χ1v) is 9.72. The number of hydrogen-bond acceptors (Lipinski definition) is 5. The van der Waals surface area contributed by atoms with Gasteiger partial charge in [0, 0.05) is 34.9 Å². The molecule has 1 rings (SSSR count). The second-order valence-corrected chi connectivity index (χ2v) is 8.01. The predicted molar refractivity (Wildman–Crippen MR) is 83.3 cm³/mol. The number of amides is 1. The predicted octanol–water partition coefficient (Wildman–Crippen LogP) is 0.213. The normalized spacial score (nSPS) is 12.8. The number of carbonyl (C=O) groups excluding carboxylic acids is 1. The number of halogens is 1. The number of carbonyl (C=O) groups is 1. The van der Waals surface area contributed by atoms with Gasteiger partial charge in [-0.1, -0.05) is 0 Å². The fraction of sp³-hybridized carbons (Fsp3) is 0.364. The molecule has 0 bridgehead atoms. The highest BCUT2D eigenvalue weighted by atomic mass is 79.9. The zero-order valence-electron chi connectivity index (χ0n) is 11.4. The molecule has 0 aliphatic rings.